The minimum absolute atomic E-state index is 0.0937. The van der Waals surface area contributed by atoms with Crippen molar-refractivity contribution in [1.29, 1.82) is 0 Å². The van der Waals surface area contributed by atoms with E-state index in [9.17, 15) is 4.79 Å². The molecule has 0 atom stereocenters. The Labute approximate surface area is 132 Å². The lowest BCUT2D eigenvalue weighted by Crippen LogP contribution is -2.21. The molecule has 0 saturated heterocycles. The van der Waals surface area contributed by atoms with Crippen molar-refractivity contribution in [3.05, 3.63) is 64.1 Å². The monoisotopic (exact) mass is 325 g/mol. The van der Waals surface area contributed by atoms with Crippen LogP contribution in [0.25, 0.3) is 0 Å². The number of carbonyl (C=O) groups excluding carboxylic acids is 1. The number of hydrogen-bond acceptors (Lipinski definition) is 2. The molecular weight excluding hydrogens is 313 g/mol. The highest BCUT2D eigenvalue weighted by Gasteiger charge is 2.15. The van der Waals surface area contributed by atoms with Crippen molar-refractivity contribution in [2.75, 3.05) is 7.05 Å². The molecule has 104 valence electrons. The predicted molar refractivity (Wildman–Crippen MR) is 85.6 cm³/mol. The van der Waals surface area contributed by atoms with Crippen molar-refractivity contribution in [2.45, 2.75) is 11.4 Å². The van der Waals surface area contributed by atoms with Gasteiger partial charge in [0.15, 0.2) is 0 Å². The van der Waals surface area contributed by atoms with Gasteiger partial charge in [-0.25, -0.2) is 0 Å². The first-order valence-corrected chi connectivity index (χ1v) is 7.56. The van der Waals surface area contributed by atoms with E-state index in [-0.39, 0.29) is 5.24 Å². The van der Waals surface area contributed by atoms with E-state index < -0.39 is 0 Å². The van der Waals surface area contributed by atoms with E-state index in [1.165, 1.54) is 0 Å². The van der Waals surface area contributed by atoms with E-state index in [0.29, 0.717) is 21.5 Å². The van der Waals surface area contributed by atoms with Crippen molar-refractivity contribution < 1.29 is 4.79 Å². The van der Waals surface area contributed by atoms with E-state index in [0.717, 1.165) is 17.3 Å². The molecule has 5 heteroatoms. The molecule has 0 aliphatic rings. The number of carbonyl (C=O) groups is 1. The van der Waals surface area contributed by atoms with Crippen molar-refractivity contribution in [3.63, 3.8) is 0 Å². The highest BCUT2D eigenvalue weighted by molar-refractivity contribution is 8.13. The van der Waals surface area contributed by atoms with Gasteiger partial charge in [-0.1, -0.05) is 59.6 Å². The number of benzene rings is 2. The zero-order chi connectivity index (χ0) is 14.5. The topological polar surface area (TPSA) is 20.3 Å². The molecule has 0 bridgehead atoms. The molecule has 0 aliphatic heterocycles. The average Bonchev–Trinajstić information content (AvgIpc) is 2.44. The number of thioether (sulfide) groups is 1. The van der Waals surface area contributed by atoms with E-state index >= 15 is 0 Å². The first-order chi connectivity index (χ1) is 9.58. The summed E-state index contributed by atoms with van der Waals surface area (Å²) in [6.07, 6.45) is 0. The number of halogens is 2. The molecule has 2 rings (SSSR count). The van der Waals surface area contributed by atoms with Crippen LogP contribution in [0.3, 0.4) is 0 Å². The second-order valence-electron chi connectivity index (χ2n) is 4.26. The van der Waals surface area contributed by atoms with Gasteiger partial charge in [-0.2, -0.15) is 0 Å². The van der Waals surface area contributed by atoms with Crippen LogP contribution < -0.4 is 0 Å². The molecule has 2 aromatic carbocycles. The van der Waals surface area contributed by atoms with Crippen LogP contribution in [-0.2, 0) is 6.54 Å². The summed E-state index contributed by atoms with van der Waals surface area (Å²) in [6.45, 7) is 0.550. The molecule has 0 fully saturated rings. The van der Waals surface area contributed by atoms with Gasteiger partial charge in [-0.15, -0.1) is 0 Å². The molecule has 0 saturated carbocycles. The Morgan fingerprint density at radius 3 is 2.25 bits per heavy atom. The standard InChI is InChI=1S/C15H13Cl2NOS/c1-18(10-11-6-3-2-4-7-11)15(19)20-14-12(16)8-5-9-13(14)17/h2-9H,10H2,1H3. The third kappa shape index (κ3) is 3.92. The van der Waals surface area contributed by atoms with Crippen LogP contribution in [0.5, 0.6) is 0 Å². The lowest BCUT2D eigenvalue weighted by atomic mass is 10.2. The Morgan fingerprint density at radius 1 is 1.05 bits per heavy atom. The van der Waals surface area contributed by atoms with Gasteiger partial charge >= 0.3 is 0 Å². The van der Waals surface area contributed by atoms with Crippen LogP contribution in [0.4, 0.5) is 4.79 Å². The highest BCUT2D eigenvalue weighted by Crippen LogP contribution is 2.35. The molecule has 2 nitrogen and oxygen atoms in total. The summed E-state index contributed by atoms with van der Waals surface area (Å²) in [4.78, 5) is 14.4. The maximum absolute atomic E-state index is 12.2. The Balaban J connectivity index is 2.05. The minimum Gasteiger partial charge on any atom is -0.332 e. The average molecular weight is 326 g/mol. The number of amides is 1. The Hall–Kier alpha value is -1.16. The van der Waals surface area contributed by atoms with Crippen molar-refractivity contribution in [2.24, 2.45) is 0 Å². The molecule has 0 heterocycles. The molecule has 0 spiro atoms. The molecule has 0 radical (unpaired) electrons. The predicted octanol–water partition coefficient (Wildman–Crippen LogP) is 5.34. The Bertz CT molecular complexity index is 584. The first kappa shape index (κ1) is 15.2. The normalized spacial score (nSPS) is 10.3. The Kier molecular flexibility index (Phi) is 5.35. The second kappa shape index (κ2) is 7.02. The highest BCUT2D eigenvalue weighted by atomic mass is 35.5. The van der Waals surface area contributed by atoms with Gasteiger partial charge in [-0.05, 0) is 29.5 Å². The van der Waals surface area contributed by atoms with E-state index in [2.05, 4.69) is 0 Å². The summed E-state index contributed by atoms with van der Waals surface area (Å²) in [5.41, 5.74) is 1.08. The maximum atomic E-state index is 12.2. The quantitative estimate of drug-likeness (QED) is 0.710. The zero-order valence-electron chi connectivity index (χ0n) is 10.8. The maximum Gasteiger partial charge on any atom is 0.286 e. The zero-order valence-corrected chi connectivity index (χ0v) is 13.2. The third-order valence-corrected chi connectivity index (χ3v) is 4.67. The summed E-state index contributed by atoms with van der Waals surface area (Å²) in [6, 6.07) is 15.0. The summed E-state index contributed by atoms with van der Waals surface area (Å²) in [5, 5.41) is 0.886. The smallest absolute Gasteiger partial charge is 0.286 e. The van der Waals surface area contributed by atoms with Gasteiger partial charge in [0.2, 0.25) is 0 Å². The molecular formula is C15H13Cl2NOS. The summed E-state index contributed by atoms with van der Waals surface area (Å²) < 4.78 is 0. The fourth-order valence-electron chi connectivity index (χ4n) is 1.67. The summed E-state index contributed by atoms with van der Waals surface area (Å²) >= 11 is 13.2. The first-order valence-electron chi connectivity index (χ1n) is 5.99. The van der Waals surface area contributed by atoms with Crippen LogP contribution in [0.15, 0.2) is 53.4 Å². The molecule has 0 aromatic heterocycles. The molecule has 1 amide bonds. The second-order valence-corrected chi connectivity index (χ2v) is 6.04. The minimum atomic E-state index is -0.0937. The van der Waals surface area contributed by atoms with Crippen LogP contribution in [0.2, 0.25) is 10.0 Å². The molecule has 2 aromatic rings. The van der Waals surface area contributed by atoms with Gasteiger partial charge in [0.1, 0.15) is 0 Å². The van der Waals surface area contributed by atoms with Gasteiger partial charge in [0.25, 0.3) is 5.24 Å². The van der Waals surface area contributed by atoms with Gasteiger partial charge in [0.05, 0.1) is 14.9 Å². The molecule has 20 heavy (non-hydrogen) atoms. The largest absolute Gasteiger partial charge is 0.332 e. The lowest BCUT2D eigenvalue weighted by Gasteiger charge is -2.17. The number of nitrogens with zero attached hydrogens (tertiary/aromatic N) is 1. The third-order valence-electron chi connectivity index (χ3n) is 2.68. The molecule has 0 N–H and O–H groups in total. The Morgan fingerprint density at radius 2 is 1.65 bits per heavy atom. The number of hydrogen-bond donors (Lipinski definition) is 0. The van der Waals surface area contributed by atoms with Gasteiger partial charge in [-0.3, -0.25) is 4.79 Å². The SMILES string of the molecule is CN(Cc1ccccc1)C(=O)Sc1c(Cl)cccc1Cl. The van der Waals surface area contributed by atoms with Crippen molar-refractivity contribution in [1.82, 2.24) is 4.90 Å². The van der Waals surface area contributed by atoms with E-state index in [4.69, 9.17) is 23.2 Å². The number of rotatable bonds is 3. The fourth-order valence-corrected chi connectivity index (χ4v) is 3.02. The summed E-state index contributed by atoms with van der Waals surface area (Å²) in [7, 11) is 1.76. The van der Waals surface area contributed by atoms with Gasteiger partial charge in [0, 0.05) is 13.6 Å². The summed E-state index contributed by atoms with van der Waals surface area (Å²) in [5.74, 6) is 0. The van der Waals surface area contributed by atoms with E-state index in [1.54, 1.807) is 30.1 Å². The van der Waals surface area contributed by atoms with Crippen LogP contribution >= 0.6 is 35.0 Å². The molecule has 0 aliphatic carbocycles. The van der Waals surface area contributed by atoms with Crippen molar-refractivity contribution in [3.8, 4) is 0 Å². The van der Waals surface area contributed by atoms with Crippen LogP contribution in [0, 0.1) is 0 Å². The van der Waals surface area contributed by atoms with Crippen molar-refractivity contribution >= 4 is 40.2 Å². The lowest BCUT2D eigenvalue weighted by molar-refractivity contribution is 0.232. The van der Waals surface area contributed by atoms with Gasteiger partial charge < -0.3 is 4.90 Å². The molecule has 0 unspecified atom stereocenters. The van der Waals surface area contributed by atoms with Crippen LogP contribution in [0.1, 0.15) is 5.56 Å². The van der Waals surface area contributed by atoms with E-state index in [1.807, 2.05) is 30.3 Å². The van der Waals surface area contributed by atoms with Crippen LogP contribution in [-0.4, -0.2) is 17.2 Å². The fraction of sp³-hybridized carbons (Fsp3) is 0.133.